The lowest BCUT2D eigenvalue weighted by molar-refractivity contribution is -0.172. The zero-order valence-electron chi connectivity index (χ0n) is 24.3. The monoisotopic (exact) mass is 624 g/mol. The molecule has 2 atom stereocenters. The molecule has 0 spiro atoms. The molecule has 42 heavy (non-hydrogen) atoms. The Morgan fingerprint density at radius 3 is 2.10 bits per heavy atom. The van der Waals surface area contributed by atoms with Gasteiger partial charge in [-0.15, -0.1) is 0 Å². The number of benzene rings is 2. The van der Waals surface area contributed by atoms with Gasteiger partial charge in [0.25, 0.3) is 5.91 Å². The van der Waals surface area contributed by atoms with Crippen molar-refractivity contribution in [1.82, 2.24) is 5.32 Å². The molecule has 2 aromatic carbocycles. The molecule has 0 saturated heterocycles. The molecule has 0 aromatic heterocycles. The maximum absolute atomic E-state index is 12.9. The number of unbranched alkanes of at least 4 members (excludes halogenated alkanes) is 5. The Bertz CT molecular complexity index is 1160. The third-order valence-electron chi connectivity index (χ3n) is 6.71. The molecule has 0 saturated carbocycles. The average molecular weight is 626 g/mol. The fourth-order valence-corrected chi connectivity index (χ4v) is 4.59. The highest BCUT2D eigenvalue weighted by atomic mass is 35.5. The lowest BCUT2D eigenvalue weighted by Crippen LogP contribution is -2.49. The van der Waals surface area contributed by atoms with Crippen molar-refractivity contribution in [3.05, 3.63) is 63.1 Å². The number of carboxylic acid groups (broad SMARTS) is 2. The Morgan fingerprint density at radius 1 is 0.786 bits per heavy atom. The third-order valence-corrected chi connectivity index (χ3v) is 7.52. The van der Waals surface area contributed by atoms with Crippen LogP contribution in [0.2, 0.25) is 10.0 Å². The number of hydrogen-bond acceptors (Lipinski definition) is 6. The zero-order valence-corrected chi connectivity index (χ0v) is 25.8. The number of carbonyl (C=O) groups is 3. The molecule has 0 aliphatic heterocycles. The Hall–Kier alpha value is -2.85. The summed E-state index contributed by atoms with van der Waals surface area (Å²) in [5.74, 6) is -3.45. The van der Waals surface area contributed by atoms with Gasteiger partial charge in [-0.3, -0.25) is 4.79 Å². The van der Waals surface area contributed by atoms with Gasteiger partial charge in [0.05, 0.1) is 0 Å². The number of ether oxygens (including phenoxy) is 2. The van der Waals surface area contributed by atoms with E-state index in [2.05, 4.69) is 16.7 Å². The maximum Gasteiger partial charge on any atom is 0.336 e. The van der Waals surface area contributed by atoms with Crippen molar-refractivity contribution in [3.8, 4) is 0 Å². The first-order valence-corrected chi connectivity index (χ1v) is 15.0. The van der Waals surface area contributed by atoms with Crippen LogP contribution >= 0.6 is 23.2 Å². The van der Waals surface area contributed by atoms with E-state index in [1.165, 1.54) is 5.56 Å². The molecule has 0 aliphatic carbocycles. The molecule has 4 N–H and O–H groups in total. The van der Waals surface area contributed by atoms with Gasteiger partial charge in [0.1, 0.15) is 6.61 Å². The van der Waals surface area contributed by atoms with Crippen LogP contribution in [0.15, 0.2) is 36.4 Å². The lowest BCUT2D eigenvalue weighted by Gasteiger charge is -2.23. The fraction of sp³-hybridized carbons (Fsp3) is 0.516. The van der Waals surface area contributed by atoms with E-state index in [0.29, 0.717) is 31.0 Å². The van der Waals surface area contributed by atoms with E-state index in [1.807, 2.05) is 44.2 Å². The van der Waals surface area contributed by atoms with Gasteiger partial charge in [-0.1, -0.05) is 60.7 Å². The van der Waals surface area contributed by atoms with Gasteiger partial charge >= 0.3 is 11.9 Å². The molecule has 2 unspecified atom stereocenters. The topological polar surface area (TPSA) is 134 Å². The standard InChI is InChI=1S/C31H42Cl2N2O7/c1-21-11-13-23(18-25(21)32)10-6-4-3-5-7-16-35-30(38)28(29(31(39)40)42-20-27(36)37)41-17-9-8-15-34-24-14-12-22(2)26(33)19-24/h11-14,18-19,28-29,34H,3-10,15-17,20H2,1-2H3,(H,35,38)(H,36,37)(H,39,40). The van der Waals surface area contributed by atoms with E-state index < -0.39 is 36.7 Å². The number of rotatable bonds is 21. The summed E-state index contributed by atoms with van der Waals surface area (Å²) in [5, 5.41) is 26.0. The second kappa shape index (κ2) is 19.4. The minimum absolute atomic E-state index is 0.0980. The van der Waals surface area contributed by atoms with Crippen LogP contribution in [0.1, 0.15) is 61.6 Å². The smallest absolute Gasteiger partial charge is 0.336 e. The first-order chi connectivity index (χ1) is 20.1. The highest BCUT2D eigenvalue weighted by molar-refractivity contribution is 6.31. The Labute approximate surface area is 257 Å². The summed E-state index contributed by atoms with van der Waals surface area (Å²) >= 11 is 12.3. The van der Waals surface area contributed by atoms with Crippen molar-refractivity contribution < 1.29 is 34.1 Å². The van der Waals surface area contributed by atoms with E-state index in [4.69, 9.17) is 37.8 Å². The van der Waals surface area contributed by atoms with Crippen LogP contribution in [0.5, 0.6) is 0 Å². The van der Waals surface area contributed by atoms with E-state index in [9.17, 15) is 19.5 Å². The van der Waals surface area contributed by atoms with Crippen LogP contribution in [0, 0.1) is 13.8 Å². The SMILES string of the molecule is Cc1ccc(CCCCCCCNC(=O)C(OCCCCNc2ccc(C)c(Cl)c2)C(OCC(=O)O)C(=O)O)cc1Cl. The summed E-state index contributed by atoms with van der Waals surface area (Å²) in [4.78, 5) is 35.6. The minimum Gasteiger partial charge on any atom is -0.480 e. The molecule has 0 heterocycles. The molecular weight excluding hydrogens is 583 g/mol. The lowest BCUT2D eigenvalue weighted by atomic mass is 10.0. The van der Waals surface area contributed by atoms with Gasteiger partial charge in [0.15, 0.2) is 12.2 Å². The summed E-state index contributed by atoms with van der Waals surface area (Å²) in [5.41, 5.74) is 4.15. The predicted octanol–water partition coefficient (Wildman–Crippen LogP) is 6.05. The number of halogens is 2. The van der Waals surface area contributed by atoms with E-state index in [-0.39, 0.29) is 6.61 Å². The number of aliphatic carboxylic acids is 2. The van der Waals surface area contributed by atoms with Crippen molar-refractivity contribution >= 4 is 46.7 Å². The number of nitrogens with one attached hydrogen (secondary N) is 2. The van der Waals surface area contributed by atoms with Gasteiger partial charge in [0, 0.05) is 35.4 Å². The molecule has 0 bridgehead atoms. The third kappa shape index (κ3) is 13.4. The second-order valence-corrected chi connectivity index (χ2v) is 11.1. The van der Waals surface area contributed by atoms with Gasteiger partial charge in [0.2, 0.25) is 0 Å². The van der Waals surface area contributed by atoms with Crippen molar-refractivity contribution in [3.63, 3.8) is 0 Å². The quantitative estimate of drug-likeness (QED) is 0.123. The van der Waals surface area contributed by atoms with E-state index >= 15 is 0 Å². The molecule has 0 radical (unpaired) electrons. The highest BCUT2D eigenvalue weighted by Crippen LogP contribution is 2.20. The number of carbonyl (C=O) groups excluding carboxylic acids is 1. The van der Waals surface area contributed by atoms with Gasteiger partial charge in [-0.25, -0.2) is 9.59 Å². The van der Waals surface area contributed by atoms with Crippen molar-refractivity contribution in [2.75, 3.05) is 31.6 Å². The average Bonchev–Trinajstić information content (AvgIpc) is 2.94. The summed E-state index contributed by atoms with van der Waals surface area (Å²) < 4.78 is 10.7. The first-order valence-electron chi connectivity index (χ1n) is 14.3. The van der Waals surface area contributed by atoms with E-state index in [1.54, 1.807) is 0 Å². The summed E-state index contributed by atoms with van der Waals surface area (Å²) in [7, 11) is 0. The number of amides is 1. The fourth-order valence-electron chi connectivity index (χ4n) is 4.21. The molecule has 1 amide bonds. The first kappa shape index (κ1) is 35.3. The van der Waals surface area contributed by atoms with Gasteiger partial charge in [-0.2, -0.15) is 0 Å². The number of hydrogen-bond donors (Lipinski definition) is 4. The summed E-state index contributed by atoms with van der Waals surface area (Å²) in [6.07, 6.45) is 3.65. The Kier molecular flexibility index (Phi) is 16.3. The van der Waals surface area contributed by atoms with Crippen LogP contribution in [0.4, 0.5) is 5.69 Å². The highest BCUT2D eigenvalue weighted by Gasteiger charge is 2.36. The van der Waals surface area contributed by atoms with E-state index in [0.717, 1.165) is 60.4 Å². The van der Waals surface area contributed by atoms with Gasteiger partial charge in [-0.05, 0) is 80.8 Å². The Morgan fingerprint density at radius 2 is 1.43 bits per heavy atom. The molecule has 2 aromatic rings. The number of aryl methyl sites for hydroxylation is 3. The summed E-state index contributed by atoms with van der Waals surface area (Å²) in [6.45, 7) is 4.11. The molecule has 232 valence electrons. The Balaban J connectivity index is 1.74. The van der Waals surface area contributed by atoms with Crippen molar-refractivity contribution in [1.29, 1.82) is 0 Å². The van der Waals surface area contributed by atoms with Gasteiger partial charge < -0.3 is 30.3 Å². The molecule has 0 fully saturated rings. The van der Waals surface area contributed by atoms with Crippen LogP contribution in [0.3, 0.4) is 0 Å². The molecule has 9 nitrogen and oxygen atoms in total. The van der Waals surface area contributed by atoms with Crippen LogP contribution in [-0.4, -0.2) is 66.6 Å². The maximum atomic E-state index is 12.9. The minimum atomic E-state index is -1.75. The normalized spacial score (nSPS) is 12.5. The second-order valence-electron chi connectivity index (χ2n) is 10.2. The zero-order chi connectivity index (χ0) is 30.9. The predicted molar refractivity (Wildman–Crippen MR) is 165 cm³/mol. The van der Waals surface area contributed by atoms with Crippen molar-refractivity contribution in [2.24, 2.45) is 0 Å². The molecule has 11 heteroatoms. The van der Waals surface area contributed by atoms with Crippen LogP contribution in [-0.2, 0) is 30.3 Å². The molecular formula is C31H42Cl2N2O7. The summed E-state index contributed by atoms with van der Waals surface area (Å²) in [6, 6.07) is 11.8. The number of carboxylic acids is 2. The molecule has 0 aliphatic rings. The largest absolute Gasteiger partial charge is 0.480 e. The van der Waals surface area contributed by atoms with Crippen molar-refractivity contribution in [2.45, 2.75) is 77.4 Å². The van der Waals surface area contributed by atoms with Crippen LogP contribution in [0.25, 0.3) is 0 Å². The van der Waals surface area contributed by atoms with Crippen LogP contribution < -0.4 is 10.6 Å². The molecule has 2 rings (SSSR count). The number of anilines is 1.